The molecule has 0 heterocycles. The highest BCUT2D eigenvalue weighted by Crippen LogP contribution is 2.38. The van der Waals surface area contributed by atoms with Crippen LogP contribution in [0.1, 0.15) is 190 Å². The van der Waals surface area contributed by atoms with Gasteiger partial charge in [0.15, 0.2) is 0 Å². The maximum Gasteiger partial charge on any atom is 0.123 e. The molecule has 280 valence electrons. The molecule has 3 rings (SSSR count). The van der Waals surface area contributed by atoms with E-state index in [1.165, 1.54) is 88.2 Å². The third-order valence-corrected chi connectivity index (χ3v) is 9.96. The lowest BCUT2D eigenvalue weighted by molar-refractivity contribution is 0.423. The summed E-state index contributed by atoms with van der Waals surface area (Å²) in [6.45, 7) is 21.4. The minimum absolute atomic E-state index is 0.00859. The van der Waals surface area contributed by atoms with Crippen LogP contribution in [-0.2, 0) is 30.1 Å². The average molecular weight is 687 g/mol. The predicted octanol–water partition coefficient (Wildman–Crippen LogP) is 13.9. The summed E-state index contributed by atoms with van der Waals surface area (Å²) < 4.78 is 0. The van der Waals surface area contributed by atoms with Crippen LogP contribution in [0.2, 0.25) is 0 Å². The van der Waals surface area contributed by atoms with Crippen molar-refractivity contribution in [3.8, 4) is 17.2 Å². The quantitative estimate of drug-likeness (QED) is 0.117. The Kier molecular flexibility index (Phi) is 18.5. The Balaban J connectivity index is 0.000000481. The van der Waals surface area contributed by atoms with Gasteiger partial charge in [-0.25, -0.2) is 0 Å². The van der Waals surface area contributed by atoms with Crippen LogP contribution >= 0.6 is 0 Å². The Labute approximate surface area is 308 Å². The third-order valence-electron chi connectivity index (χ3n) is 9.96. The molecule has 3 aromatic rings. The fraction of sp³-hybridized carbons (Fsp3) is 0.617. The Hall–Kier alpha value is -2.94. The van der Waals surface area contributed by atoms with E-state index in [9.17, 15) is 15.3 Å². The molecule has 0 radical (unpaired) electrons. The second-order valence-corrected chi connectivity index (χ2v) is 17.0. The van der Waals surface area contributed by atoms with Gasteiger partial charge in [-0.2, -0.15) is 0 Å². The van der Waals surface area contributed by atoms with E-state index in [0.717, 1.165) is 59.1 Å². The Morgan fingerprint density at radius 3 is 1.10 bits per heavy atom. The van der Waals surface area contributed by atoms with E-state index in [-0.39, 0.29) is 10.8 Å². The molecule has 0 atom stereocenters. The largest absolute Gasteiger partial charge is 0.507 e. The second-order valence-electron chi connectivity index (χ2n) is 17.0. The van der Waals surface area contributed by atoms with Crippen LogP contribution in [0, 0.1) is 13.8 Å². The first kappa shape index (κ1) is 43.2. The fourth-order valence-electron chi connectivity index (χ4n) is 7.02. The third kappa shape index (κ3) is 14.7. The summed E-state index contributed by atoms with van der Waals surface area (Å²) >= 11 is 0. The molecule has 0 aliphatic rings. The molecule has 0 saturated heterocycles. The van der Waals surface area contributed by atoms with Gasteiger partial charge in [-0.05, 0) is 83.7 Å². The van der Waals surface area contributed by atoms with E-state index in [0.29, 0.717) is 23.7 Å². The highest BCUT2D eigenvalue weighted by Gasteiger charge is 2.24. The lowest BCUT2D eigenvalue weighted by Crippen LogP contribution is -2.16. The minimum Gasteiger partial charge on any atom is -0.507 e. The number of phenolic OH excluding ortho intramolecular Hbond substituents is 3. The standard InChI is InChI=1S/C33H52O2.C14H22O/c1-5-7-9-11-13-15-17-19-28-21-26(3)23-30(32(28)34)25-31-24-27(4)22-29(33(31)35)20-18-16-14-12-10-8-6-2;1-13(2,3)10-8-7-9-11(12(10)15)14(4,5)6/h21-24,34-35H,5-20,25H2,1-4H3;7-9,15H,1-6H3. The van der Waals surface area contributed by atoms with E-state index < -0.39 is 0 Å². The molecule has 0 aliphatic carbocycles. The van der Waals surface area contributed by atoms with Crippen LogP contribution in [-0.4, -0.2) is 15.3 Å². The van der Waals surface area contributed by atoms with Crippen LogP contribution in [0.3, 0.4) is 0 Å². The van der Waals surface area contributed by atoms with Crippen molar-refractivity contribution < 1.29 is 15.3 Å². The molecular weight excluding hydrogens is 613 g/mol. The number of aryl methyl sites for hydroxylation is 4. The molecular formula is C47H74O3. The van der Waals surface area contributed by atoms with Gasteiger partial charge < -0.3 is 15.3 Å². The maximum absolute atomic E-state index is 11.1. The van der Waals surface area contributed by atoms with Crippen molar-refractivity contribution in [1.82, 2.24) is 0 Å². The number of aromatic hydroxyl groups is 3. The summed E-state index contributed by atoms with van der Waals surface area (Å²) in [6.07, 6.45) is 20.3. The topological polar surface area (TPSA) is 60.7 Å². The molecule has 0 spiro atoms. The van der Waals surface area contributed by atoms with Gasteiger partial charge in [0.25, 0.3) is 0 Å². The van der Waals surface area contributed by atoms with E-state index >= 15 is 0 Å². The summed E-state index contributed by atoms with van der Waals surface area (Å²) in [4.78, 5) is 0. The van der Waals surface area contributed by atoms with Crippen molar-refractivity contribution in [2.24, 2.45) is 0 Å². The molecule has 0 unspecified atom stereocenters. The molecule has 50 heavy (non-hydrogen) atoms. The van der Waals surface area contributed by atoms with Gasteiger partial charge in [0.05, 0.1) is 0 Å². The van der Waals surface area contributed by atoms with Crippen molar-refractivity contribution in [3.05, 3.63) is 87.0 Å². The maximum atomic E-state index is 11.1. The number of hydrogen-bond acceptors (Lipinski definition) is 3. The second kappa shape index (κ2) is 21.4. The van der Waals surface area contributed by atoms with E-state index in [1.807, 2.05) is 18.2 Å². The lowest BCUT2D eigenvalue weighted by Gasteiger charge is -2.26. The predicted molar refractivity (Wildman–Crippen MR) is 217 cm³/mol. The van der Waals surface area contributed by atoms with Crippen molar-refractivity contribution in [2.75, 3.05) is 0 Å². The van der Waals surface area contributed by atoms with Gasteiger partial charge in [-0.1, -0.05) is 186 Å². The zero-order chi connectivity index (χ0) is 37.3. The number of para-hydroxylation sites is 1. The SMILES string of the molecule is CC(C)(C)c1cccc(C(C)(C)C)c1O.CCCCCCCCCc1cc(C)cc(Cc2cc(C)cc(CCCCCCCCC)c2O)c1O. The van der Waals surface area contributed by atoms with Crippen molar-refractivity contribution in [2.45, 2.75) is 189 Å². The zero-order valence-corrected chi connectivity index (χ0v) is 33.9. The molecule has 3 heteroatoms. The number of hydrogen-bond donors (Lipinski definition) is 3. The van der Waals surface area contributed by atoms with E-state index in [1.54, 1.807) is 0 Å². The number of phenols is 3. The molecule has 0 aliphatic heterocycles. The molecule has 3 aromatic carbocycles. The number of unbranched alkanes of at least 4 members (excludes halogenated alkanes) is 12. The summed E-state index contributed by atoms with van der Waals surface area (Å²) in [5.41, 5.74) is 8.39. The Morgan fingerprint density at radius 1 is 0.440 bits per heavy atom. The van der Waals surface area contributed by atoms with Gasteiger partial charge in [0, 0.05) is 6.42 Å². The van der Waals surface area contributed by atoms with E-state index in [2.05, 4.69) is 93.5 Å². The molecule has 0 fully saturated rings. The molecule has 3 N–H and O–H groups in total. The smallest absolute Gasteiger partial charge is 0.123 e. The van der Waals surface area contributed by atoms with Gasteiger partial charge in [-0.15, -0.1) is 0 Å². The molecule has 0 amide bonds. The van der Waals surface area contributed by atoms with Crippen molar-refractivity contribution >= 4 is 0 Å². The minimum atomic E-state index is -0.00859. The first-order valence-corrected chi connectivity index (χ1v) is 20.1. The number of benzene rings is 3. The average Bonchev–Trinajstić information content (AvgIpc) is 3.03. The molecule has 0 aromatic heterocycles. The van der Waals surface area contributed by atoms with Crippen LogP contribution in [0.5, 0.6) is 17.2 Å². The normalized spacial score (nSPS) is 11.8. The fourth-order valence-corrected chi connectivity index (χ4v) is 7.02. The summed E-state index contributed by atoms with van der Waals surface area (Å²) in [5, 5.41) is 32.4. The van der Waals surface area contributed by atoms with Gasteiger partial charge >= 0.3 is 0 Å². The monoisotopic (exact) mass is 687 g/mol. The highest BCUT2D eigenvalue weighted by atomic mass is 16.3. The summed E-state index contributed by atoms with van der Waals surface area (Å²) in [6, 6.07) is 14.5. The van der Waals surface area contributed by atoms with Gasteiger partial charge in [-0.3, -0.25) is 0 Å². The van der Waals surface area contributed by atoms with Gasteiger partial charge in [0.2, 0.25) is 0 Å². The van der Waals surface area contributed by atoms with Crippen LogP contribution < -0.4 is 0 Å². The number of rotatable bonds is 18. The van der Waals surface area contributed by atoms with Crippen LogP contribution in [0.25, 0.3) is 0 Å². The molecule has 3 nitrogen and oxygen atoms in total. The molecule has 0 bridgehead atoms. The Morgan fingerprint density at radius 2 is 0.760 bits per heavy atom. The Bertz CT molecular complexity index is 1320. The summed E-state index contributed by atoms with van der Waals surface area (Å²) in [5.74, 6) is 1.31. The highest BCUT2D eigenvalue weighted by molar-refractivity contribution is 5.51. The van der Waals surface area contributed by atoms with Crippen molar-refractivity contribution in [3.63, 3.8) is 0 Å². The first-order valence-electron chi connectivity index (χ1n) is 20.1. The summed E-state index contributed by atoms with van der Waals surface area (Å²) in [7, 11) is 0. The van der Waals surface area contributed by atoms with E-state index in [4.69, 9.17) is 0 Å². The van der Waals surface area contributed by atoms with Crippen LogP contribution in [0.15, 0.2) is 42.5 Å². The van der Waals surface area contributed by atoms with Gasteiger partial charge in [0.1, 0.15) is 17.2 Å². The van der Waals surface area contributed by atoms with Crippen LogP contribution in [0.4, 0.5) is 0 Å². The zero-order valence-electron chi connectivity index (χ0n) is 33.9. The lowest BCUT2D eigenvalue weighted by atomic mass is 9.80. The van der Waals surface area contributed by atoms with Crippen molar-refractivity contribution in [1.29, 1.82) is 0 Å². The first-order chi connectivity index (χ1) is 23.6. The molecule has 0 saturated carbocycles.